The summed E-state index contributed by atoms with van der Waals surface area (Å²) in [6.45, 7) is 4.00. The van der Waals surface area contributed by atoms with Crippen LogP contribution in [-0.4, -0.2) is 30.7 Å². The average molecular weight is 702 g/mol. The van der Waals surface area contributed by atoms with Crippen LogP contribution in [0.1, 0.15) is 45.6 Å². The van der Waals surface area contributed by atoms with E-state index in [-0.39, 0.29) is 17.7 Å². The molecule has 0 aromatic heterocycles. The van der Waals surface area contributed by atoms with E-state index in [0.717, 1.165) is 54.6 Å². The molecule has 2 unspecified atom stereocenters. The van der Waals surface area contributed by atoms with Crippen LogP contribution in [0, 0.1) is 23.3 Å². The van der Waals surface area contributed by atoms with Crippen molar-refractivity contribution in [3.8, 4) is 0 Å². The molecule has 0 spiro atoms. The Morgan fingerprint density at radius 3 is 2.38 bits per heavy atom. The number of para-hydroxylation sites is 2. The van der Waals surface area contributed by atoms with Crippen molar-refractivity contribution in [1.29, 1.82) is 0 Å². The monoisotopic (exact) mass is 701 g/mol. The third kappa shape index (κ3) is 6.70. The molecule has 258 valence electrons. The van der Waals surface area contributed by atoms with Crippen molar-refractivity contribution >= 4 is 58.1 Å². The summed E-state index contributed by atoms with van der Waals surface area (Å²) < 4.78 is 0. The molecule has 8 rings (SSSR count). The Hall–Kier alpha value is -5.71. The van der Waals surface area contributed by atoms with Crippen molar-refractivity contribution in [2.24, 2.45) is 5.92 Å². The number of aryl methyl sites for hydroxylation is 1. The van der Waals surface area contributed by atoms with Gasteiger partial charge in [-0.15, -0.1) is 0 Å². The van der Waals surface area contributed by atoms with Gasteiger partial charge in [-0.2, -0.15) is 0 Å². The van der Waals surface area contributed by atoms with Crippen LogP contribution in [0.25, 0.3) is 17.7 Å². The van der Waals surface area contributed by atoms with Gasteiger partial charge in [-0.3, -0.25) is 9.69 Å². The molecule has 2 N–H and O–H groups in total. The maximum absolute atomic E-state index is 14.1. The smallest absolute Gasteiger partial charge is 0.190 e. The fourth-order valence-electron chi connectivity index (χ4n) is 7.32. The van der Waals surface area contributed by atoms with Crippen LogP contribution < -0.4 is 21.1 Å². The Labute approximate surface area is 309 Å². The molecule has 1 heterocycles. The minimum atomic E-state index is -0.331. The second-order valence-corrected chi connectivity index (χ2v) is 14.0. The molecule has 0 radical (unpaired) electrons. The topological polar surface area (TPSA) is 61.4 Å². The van der Waals surface area contributed by atoms with Crippen molar-refractivity contribution in [2.45, 2.75) is 26.3 Å². The number of ketones is 1. The standard InChI is InChI=1S/C36H31ClN2O2.C10H9N/c1-21-8-5-6-11-32(21)38-25-14-12-23(13-15-25)36(41)34-22(2)24(20-40)18-30-28(34)17-16-27-26-9-7-10-31(37)29(26)19-33(35(27)30)39(3)4;1-2-7-10-9(5-1)6-3-4-8-11-10/h5-17,19,22,33,38H,18H2,1-4H3;1-8,11H. The van der Waals surface area contributed by atoms with Gasteiger partial charge in [0.1, 0.15) is 5.94 Å². The van der Waals surface area contributed by atoms with E-state index in [9.17, 15) is 9.59 Å². The summed E-state index contributed by atoms with van der Waals surface area (Å²) in [6, 6.07) is 33.9. The molecule has 0 amide bonds. The summed E-state index contributed by atoms with van der Waals surface area (Å²) in [5.41, 5.74) is 9.43. The number of anilines is 3. The van der Waals surface area contributed by atoms with Gasteiger partial charge in [0.25, 0.3) is 0 Å². The molecule has 0 fully saturated rings. The van der Waals surface area contributed by atoms with Crippen molar-refractivity contribution in [2.75, 3.05) is 24.7 Å². The molecule has 0 bridgehead atoms. The molecule has 52 heavy (non-hydrogen) atoms. The van der Waals surface area contributed by atoms with E-state index < -0.39 is 0 Å². The Bertz CT molecular complexity index is 2540. The maximum atomic E-state index is 14.1. The summed E-state index contributed by atoms with van der Waals surface area (Å²) in [6.07, 6.45) is 10.7. The normalized spacial score (nSPS) is 16.4. The SMILES string of the molecule is C1=CNc2ccccc2C=C1.Cc1ccccc1Nc1ccc(C(=O)C2=c3ccc4c(c3CC(=C=O)C2C)C(N(C)C)C=c2c(Cl)cccc2=4)cc1. The lowest BCUT2D eigenvalue weighted by Crippen LogP contribution is -2.34. The first-order chi connectivity index (χ1) is 25.2. The van der Waals surface area contributed by atoms with E-state index in [0.29, 0.717) is 28.2 Å². The van der Waals surface area contributed by atoms with Crippen LogP contribution in [0.2, 0.25) is 5.02 Å². The molecular weight excluding hydrogens is 662 g/mol. The van der Waals surface area contributed by atoms with Crippen LogP contribution in [0.3, 0.4) is 0 Å². The third-order valence-corrected chi connectivity index (χ3v) is 10.4. The highest BCUT2D eigenvalue weighted by molar-refractivity contribution is 6.30. The molecule has 5 aromatic rings. The number of nitrogens with one attached hydrogen (secondary N) is 2. The summed E-state index contributed by atoms with van der Waals surface area (Å²) in [7, 11) is 4.08. The van der Waals surface area contributed by atoms with E-state index in [4.69, 9.17) is 11.6 Å². The highest BCUT2D eigenvalue weighted by Crippen LogP contribution is 2.35. The van der Waals surface area contributed by atoms with Gasteiger partial charge in [0.05, 0.1) is 6.04 Å². The molecule has 2 aliphatic carbocycles. The van der Waals surface area contributed by atoms with Crippen molar-refractivity contribution < 1.29 is 9.59 Å². The second kappa shape index (κ2) is 14.9. The van der Waals surface area contributed by atoms with E-state index in [1.807, 2.05) is 106 Å². The zero-order chi connectivity index (χ0) is 36.4. The van der Waals surface area contributed by atoms with Crippen LogP contribution in [0.5, 0.6) is 0 Å². The fourth-order valence-corrected chi connectivity index (χ4v) is 7.56. The van der Waals surface area contributed by atoms with Crippen molar-refractivity contribution in [3.05, 3.63) is 181 Å². The van der Waals surface area contributed by atoms with Gasteiger partial charge < -0.3 is 10.6 Å². The molecule has 0 saturated heterocycles. The molecule has 1 aliphatic heterocycles. The van der Waals surface area contributed by atoms with Gasteiger partial charge in [0, 0.05) is 57.3 Å². The first-order valence-corrected chi connectivity index (χ1v) is 17.9. The Morgan fingerprint density at radius 2 is 1.62 bits per heavy atom. The predicted octanol–water partition coefficient (Wildman–Crippen LogP) is 8.70. The van der Waals surface area contributed by atoms with E-state index in [1.165, 1.54) is 5.56 Å². The number of allylic oxidation sites excluding steroid dienone is 3. The third-order valence-electron chi connectivity index (χ3n) is 10.1. The minimum absolute atomic E-state index is 0.0585. The Balaban J connectivity index is 0.000000324. The zero-order valence-electron chi connectivity index (χ0n) is 29.7. The van der Waals surface area contributed by atoms with Gasteiger partial charge in [0.2, 0.25) is 0 Å². The highest BCUT2D eigenvalue weighted by Gasteiger charge is 2.32. The molecule has 0 saturated carbocycles. The number of hydrogen-bond acceptors (Lipinski definition) is 5. The number of rotatable bonds is 5. The number of halogens is 1. The summed E-state index contributed by atoms with van der Waals surface area (Å²) in [4.78, 5) is 28.5. The summed E-state index contributed by atoms with van der Waals surface area (Å²) >= 11 is 6.62. The van der Waals surface area contributed by atoms with Gasteiger partial charge >= 0.3 is 0 Å². The molecule has 6 heteroatoms. The highest BCUT2D eigenvalue weighted by atomic mass is 35.5. The van der Waals surface area contributed by atoms with Crippen molar-refractivity contribution in [3.63, 3.8) is 0 Å². The number of fused-ring (bicyclic) bond motifs is 5. The second-order valence-electron chi connectivity index (χ2n) is 13.6. The van der Waals surface area contributed by atoms with Crippen LogP contribution in [0.15, 0.2) is 127 Å². The molecule has 5 aromatic carbocycles. The molecule has 2 atom stereocenters. The Kier molecular flexibility index (Phi) is 9.93. The van der Waals surface area contributed by atoms with Crippen LogP contribution in [0.4, 0.5) is 17.1 Å². The van der Waals surface area contributed by atoms with E-state index >= 15 is 0 Å². The lowest BCUT2D eigenvalue weighted by Gasteiger charge is -2.31. The fraction of sp³-hybridized carbons (Fsp3) is 0.152. The lowest BCUT2D eigenvalue weighted by molar-refractivity contribution is 0.104. The first-order valence-electron chi connectivity index (χ1n) is 17.5. The predicted molar refractivity (Wildman–Crippen MR) is 215 cm³/mol. The largest absolute Gasteiger partial charge is 0.361 e. The number of Topliss-reactive ketones (excluding diaryl/α,β-unsaturated/α-hetero) is 1. The quantitative estimate of drug-likeness (QED) is 0.142. The maximum Gasteiger partial charge on any atom is 0.190 e. The number of carbonyl (C=O) groups is 1. The van der Waals surface area contributed by atoms with Crippen LogP contribution >= 0.6 is 11.6 Å². The lowest BCUT2D eigenvalue weighted by atomic mass is 9.75. The van der Waals surface area contributed by atoms with Crippen molar-refractivity contribution in [1.82, 2.24) is 4.90 Å². The van der Waals surface area contributed by atoms with E-state index in [1.54, 1.807) is 0 Å². The van der Waals surface area contributed by atoms with Gasteiger partial charge in [-0.25, -0.2) is 4.79 Å². The number of hydrogen-bond donors (Lipinski definition) is 2. The zero-order valence-corrected chi connectivity index (χ0v) is 30.5. The average Bonchev–Trinajstić information content (AvgIpc) is 3.41. The molecule has 3 aliphatic rings. The number of nitrogens with zero attached hydrogens (tertiary/aromatic N) is 1. The van der Waals surface area contributed by atoms with E-state index in [2.05, 4.69) is 76.9 Å². The Morgan fingerprint density at radius 1 is 0.865 bits per heavy atom. The number of carbonyl (C=O) groups excluding carboxylic acids is 2. The van der Waals surface area contributed by atoms with Gasteiger partial charge in [-0.1, -0.05) is 97.4 Å². The summed E-state index contributed by atoms with van der Waals surface area (Å²) in [5, 5.41) is 11.4. The van der Waals surface area contributed by atoms with Gasteiger partial charge in [-0.05, 0) is 113 Å². The number of benzene rings is 5. The minimum Gasteiger partial charge on any atom is -0.361 e. The van der Waals surface area contributed by atoms with Gasteiger partial charge in [0.15, 0.2) is 5.78 Å². The molecule has 5 nitrogen and oxygen atoms in total. The first kappa shape index (κ1) is 34.7. The van der Waals surface area contributed by atoms with Crippen LogP contribution in [-0.2, 0) is 11.2 Å². The summed E-state index contributed by atoms with van der Waals surface area (Å²) in [5.74, 6) is 1.79. The molecular formula is C46H40ClN3O2.